The first-order chi connectivity index (χ1) is 17.4. The summed E-state index contributed by atoms with van der Waals surface area (Å²) in [5, 5.41) is 8.34. The minimum absolute atomic E-state index is 0.169. The Morgan fingerprint density at radius 2 is 1.22 bits per heavy atom. The van der Waals surface area contributed by atoms with E-state index >= 15 is 0 Å². The number of amides is 1. The van der Waals surface area contributed by atoms with E-state index in [-0.39, 0.29) is 8.95 Å². The second-order valence-corrected chi connectivity index (χ2v) is 10.2. The first kappa shape index (κ1) is 28.6. The summed E-state index contributed by atoms with van der Waals surface area (Å²) in [4.78, 5) is 26.5. The number of hydrogen-bond acceptors (Lipinski definition) is 3. The monoisotopic (exact) mass is 644 g/mol. The van der Waals surface area contributed by atoms with Crippen molar-refractivity contribution in [1.29, 1.82) is 0 Å². The number of aromatic carboxylic acids is 1. The Kier molecular flexibility index (Phi) is 9.36. The van der Waals surface area contributed by atoms with Crippen molar-refractivity contribution in [2.24, 2.45) is 0 Å². The summed E-state index contributed by atoms with van der Waals surface area (Å²) >= 11 is 5.85. The van der Waals surface area contributed by atoms with Gasteiger partial charge in [-0.25, -0.2) is 22.4 Å². The van der Waals surface area contributed by atoms with Crippen molar-refractivity contribution >= 4 is 49.4 Å². The number of carbonyl (C=O) groups excluding carboxylic acids is 1. The quantitative estimate of drug-likeness (QED) is 0.321. The number of benzene rings is 3. The zero-order valence-corrected chi connectivity index (χ0v) is 23.0. The highest BCUT2D eigenvalue weighted by atomic mass is 79.9. The molecule has 3 aromatic rings. The molecule has 1 aliphatic heterocycles. The Hall–Kier alpha value is -2.92. The van der Waals surface area contributed by atoms with Gasteiger partial charge >= 0.3 is 5.97 Å². The summed E-state index contributed by atoms with van der Waals surface area (Å²) in [6, 6.07) is 10.3. The van der Waals surface area contributed by atoms with Gasteiger partial charge in [-0.2, -0.15) is 0 Å². The molecule has 196 valence electrons. The first-order valence-electron chi connectivity index (χ1n) is 11.0. The number of carboxylic acid groups (broad SMARTS) is 1. The number of halogens is 6. The molecule has 0 radical (unpaired) electrons. The van der Waals surface area contributed by atoms with Crippen LogP contribution in [0.2, 0.25) is 0 Å². The van der Waals surface area contributed by atoms with Crippen molar-refractivity contribution in [2.75, 3.05) is 31.1 Å². The van der Waals surface area contributed by atoms with E-state index in [1.807, 2.05) is 0 Å². The van der Waals surface area contributed by atoms with Gasteiger partial charge in [0.05, 0.1) is 0 Å². The van der Waals surface area contributed by atoms with E-state index in [2.05, 4.69) is 68.8 Å². The second-order valence-electron chi connectivity index (χ2n) is 8.36. The number of piperazine rings is 1. The highest BCUT2D eigenvalue weighted by Crippen LogP contribution is 2.25. The number of nitrogens with zero attached hydrogens (tertiary/aromatic N) is 2. The minimum Gasteiger partial charge on any atom is -0.477 e. The van der Waals surface area contributed by atoms with Crippen molar-refractivity contribution in [3.8, 4) is 0 Å². The average molecular weight is 646 g/mol. The van der Waals surface area contributed by atoms with Gasteiger partial charge in [-0.1, -0.05) is 49.6 Å². The molecule has 0 unspecified atom stereocenters. The molecule has 1 heterocycles. The topological polar surface area (TPSA) is 60.9 Å². The van der Waals surface area contributed by atoms with E-state index in [1.54, 1.807) is 0 Å². The average Bonchev–Trinajstić information content (AvgIpc) is 2.78. The summed E-state index contributed by atoms with van der Waals surface area (Å²) in [5.41, 5.74) is 2.11. The third-order valence-electron chi connectivity index (χ3n) is 5.70. The predicted molar refractivity (Wildman–Crippen MR) is 139 cm³/mol. The van der Waals surface area contributed by atoms with E-state index in [9.17, 15) is 27.2 Å². The van der Waals surface area contributed by atoms with Gasteiger partial charge in [0.15, 0.2) is 0 Å². The number of aryl methyl sites for hydroxylation is 2. The fourth-order valence-electron chi connectivity index (χ4n) is 3.96. The largest absolute Gasteiger partial charge is 0.477 e. The van der Waals surface area contributed by atoms with Gasteiger partial charge in [-0.3, -0.25) is 4.79 Å². The summed E-state index contributed by atoms with van der Waals surface area (Å²) in [6.07, 6.45) is 0. The third-order valence-corrected chi connectivity index (χ3v) is 6.62. The lowest BCUT2D eigenvalue weighted by Crippen LogP contribution is -2.49. The number of carboxylic acids is 1. The molecule has 0 saturated carbocycles. The van der Waals surface area contributed by atoms with Gasteiger partial charge < -0.3 is 14.9 Å². The smallest absolute Gasteiger partial charge is 0.341 e. The van der Waals surface area contributed by atoms with Crippen LogP contribution < -0.4 is 4.90 Å². The van der Waals surface area contributed by atoms with Gasteiger partial charge in [-0.05, 0) is 49.7 Å². The molecular formula is C26H22Br2F4N2O3. The van der Waals surface area contributed by atoms with Crippen molar-refractivity contribution in [3.05, 3.63) is 96.9 Å². The maximum atomic E-state index is 14.0. The molecular weight excluding hydrogens is 624 g/mol. The van der Waals surface area contributed by atoms with Gasteiger partial charge in [-0.15, -0.1) is 0 Å². The Morgan fingerprint density at radius 1 is 0.757 bits per heavy atom. The van der Waals surface area contributed by atoms with Crippen LogP contribution in [-0.2, 0) is 0 Å². The molecule has 5 nitrogen and oxygen atoms in total. The lowest BCUT2D eigenvalue weighted by molar-refractivity contribution is 0.0684. The number of anilines is 1. The van der Waals surface area contributed by atoms with Crippen molar-refractivity contribution in [2.45, 2.75) is 13.8 Å². The van der Waals surface area contributed by atoms with Crippen LogP contribution in [0, 0.1) is 37.1 Å². The van der Waals surface area contributed by atoms with Gasteiger partial charge in [0.2, 0.25) is 0 Å². The molecule has 1 aliphatic rings. The van der Waals surface area contributed by atoms with Crippen LogP contribution in [0.5, 0.6) is 0 Å². The highest BCUT2D eigenvalue weighted by Gasteiger charge is 2.27. The van der Waals surface area contributed by atoms with E-state index in [1.165, 1.54) is 16.0 Å². The van der Waals surface area contributed by atoms with Crippen LogP contribution in [0.3, 0.4) is 0 Å². The summed E-state index contributed by atoms with van der Waals surface area (Å²) in [6.45, 7) is 6.24. The molecule has 1 fully saturated rings. The molecule has 1 saturated heterocycles. The van der Waals surface area contributed by atoms with E-state index in [0.29, 0.717) is 26.2 Å². The highest BCUT2D eigenvalue weighted by molar-refractivity contribution is 9.10. The SMILES string of the molecule is Cc1ccc(N2CCN(C(=O)c3c(F)cc(Br)cc3F)CC2)c(C)c1.O=C(O)c1c(F)cc(Br)cc1F. The molecule has 0 bridgehead atoms. The zero-order valence-electron chi connectivity index (χ0n) is 19.8. The number of rotatable bonds is 3. The van der Waals surface area contributed by atoms with Gasteiger partial charge in [0.25, 0.3) is 5.91 Å². The summed E-state index contributed by atoms with van der Waals surface area (Å²) < 4.78 is 53.9. The second kappa shape index (κ2) is 12.1. The van der Waals surface area contributed by atoms with Crippen molar-refractivity contribution in [3.63, 3.8) is 0 Å². The molecule has 0 aromatic heterocycles. The minimum atomic E-state index is -1.61. The summed E-state index contributed by atoms with van der Waals surface area (Å²) in [5.74, 6) is -6.06. The van der Waals surface area contributed by atoms with E-state index in [0.717, 1.165) is 30.0 Å². The lowest BCUT2D eigenvalue weighted by Gasteiger charge is -2.37. The molecule has 4 rings (SSSR count). The fourth-order valence-corrected chi connectivity index (χ4v) is 4.77. The first-order valence-corrected chi connectivity index (χ1v) is 12.6. The Labute approximate surface area is 227 Å². The molecule has 1 N–H and O–H groups in total. The van der Waals surface area contributed by atoms with Crippen LogP contribution >= 0.6 is 31.9 Å². The van der Waals surface area contributed by atoms with Crippen LogP contribution in [0.25, 0.3) is 0 Å². The Balaban J connectivity index is 0.000000266. The lowest BCUT2D eigenvalue weighted by atomic mass is 10.1. The fraction of sp³-hybridized carbons (Fsp3) is 0.231. The van der Waals surface area contributed by atoms with E-state index in [4.69, 9.17) is 5.11 Å². The molecule has 0 atom stereocenters. The zero-order chi connectivity index (χ0) is 27.4. The Morgan fingerprint density at radius 3 is 1.65 bits per heavy atom. The van der Waals surface area contributed by atoms with Crippen LogP contribution in [-0.4, -0.2) is 48.1 Å². The van der Waals surface area contributed by atoms with Crippen molar-refractivity contribution in [1.82, 2.24) is 4.90 Å². The standard InChI is InChI=1S/C19H19BrF2N2O.C7H3BrF2O2/c1-12-3-4-17(13(2)9-12)23-5-7-24(8-6-23)19(25)18-15(21)10-14(20)11-16(18)22;8-3-1-4(9)6(7(11)12)5(10)2-3/h3-4,9-11H,5-8H2,1-2H3;1-2H,(H,11,12). The number of hydrogen-bond donors (Lipinski definition) is 1. The normalized spacial score (nSPS) is 13.2. The van der Waals surface area contributed by atoms with E-state index < -0.39 is 46.3 Å². The maximum Gasteiger partial charge on any atom is 0.341 e. The van der Waals surface area contributed by atoms with Crippen LogP contribution in [0.1, 0.15) is 31.8 Å². The summed E-state index contributed by atoms with van der Waals surface area (Å²) in [7, 11) is 0. The molecule has 0 spiro atoms. The van der Waals surface area contributed by atoms with Gasteiger partial charge in [0, 0.05) is 40.8 Å². The molecule has 3 aromatic carbocycles. The molecule has 0 aliphatic carbocycles. The van der Waals surface area contributed by atoms with Crippen LogP contribution in [0.15, 0.2) is 51.4 Å². The van der Waals surface area contributed by atoms with Crippen LogP contribution in [0.4, 0.5) is 23.2 Å². The third kappa shape index (κ3) is 6.89. The molecule has 37 heavy (non-hydrogen) atoms. The number of carbonyl (C=O) groups is 2. The Bertz CT molecular complexity index is 1300. The van der Waals surface area contributed by atoms with Crippen molar-refractivity contribution < 1.29 is 32.3 Å². The van der Waals surface area contributed by atoms with Gasteiger partial charge in [0.1, 0.15) is 34.4 Å². The molecule has 11 heteroatoms. The molecule has 1 amide bonds. The maximum absolute atomic E-state index is 14.0. The predicted octanol–water partition coefficient (Wildman–Crippen LogP) is 6.73.